The van der Waals surface area contributed by atoms with Gasteiger partial charge in [0, 0.05) is 36.5 Å². The van der Waals surface area contributed by atoms with Crippen LogP contribution in [0.5, 0.6) is 5.75 Å². The lowest BCUT2D eigenvalue weighted by atomic mass is 9.84. The molecule has 0 bridgehead atoms. The van der Waals surface area contributed by atoms with Crippen molar-refractivity contribution in [2.75, 3.05) is 19.8 Å². The second-order valence-corrected chi connectivity index (χ2v) is 9.11. The highest BCUT2D eigenvalue weighted by atomic mass is 16.5. The maximum atomic E-state index is 13.6. The molecule has 2 aromatic rings. The minimum Gasteiger partial charge on any atom is -0.494 e. The minimum atomic E-state index is -1.23. The normalized spacial score (nSPS) is 18.8. The van der Waals surface area contributed by atoms with Crippen molar-refractivity contribution >= 4 is 11.8 Å². The number of aliphatic hydroxyl groups is 1. The molecule has 3 rings (SSSR count). The maximum Gasteiger partial charge on any atom is 0.266 e. The first kappa shape index (κ1) is 27.0. The molecule has 2 aromatic carbocycles. The summed E-state index contributed by atoms with van der Waals surface area (Å²) in [4.78, 5) is 21.3. The zero-order chi connectivity index (χ0) is 26.0. The van der Waals surface area contributed by atoms with Gasteiger partial charge in [-0.1, -0.05) is 43.2 Å². The van der Waals surface area contributed by atoms with Crippen LogP contribution in [0.4, 0.5) is 0 Å². The van der Waals surface area contributed by atoms with Crippen molar-refractivity contribution in [1.82, 2.24) is 10.9 Å². The molecule has 1 amide bonds. The molecule has 1 aliphatic rings. The van der Waals surface area contributed by atoms with Crippen LogP contribution in [-0.4, -0.2) is 48.3 Å². The first-order valence-corrected chi connectivity index (χ1v) is 12.1. The molecule has 0 saturated carbocycles. The van der Waals surface area contributed by atoms with Gasteiger partial charge in [-0.25, -0.2) is 10.4 Å². The Morgan fingerprint density at radius 3 is 2.64 bits per heavy atom. The van der Waals surface area contributed by atoms with Crippen LogP contribution < -0.4 is 15.6 Å². The Balaban J connectivity index is 1.93. The average molecular weight is 495 g/mol. The molecule has 10 heteroatoms. The minimum absolute atomic E-state index is 0.0722. The summed E-state index contributed by atoms with van der Waals surface area (Å²) in [5, 5.41) is 12.6. The largest absolute Gasteiger partial charge is 0.494 e. The summed E-state index contributed by atoms with van der Waals surface area (Å²) in [5.41, 5.74) is 15.8. The van der Waals surface area contributed by atoms with Crippen molar-refractivity contribution in [2.45, 2.75) is 51.8 Å². The predicted octanol–water partition coefficient (Wildman–Crippen LogP) is 3.68. The summed E-state index contributed by atoms with van der Waals surface area (Å²) < 4.78 is 11.8. The second-order valence-electron chi connectivity index (χ2n) is 9.11. The summed E-state index contributed by atoms with van der Waals surface area (Å²) in [7, 11) is 0. The molecule has 1 heterocycles. The fraction of sp³-hybridized carbons (Fsp3) is 0.462. The standard InChI is InChI=1S/C26H34N6O4/c1-18(2)16-28-31-25(34)26(15-21-7-4-5-8-22(21)17-29-32-27)19(3)36-24(30-26)20-9-11-23(12-10-20)35-14-6-13-33/h4-5,7-12,18-19,28,33H,6,13-17H2,1-3H3,(H,31,34)/t19-,26-/m0/s1. The number of aliphatic imine (C=N–C) groups is 1. The van der Waals surface area contributed by atoms with Crippen LogP contribution in [0.1, 0.15) is 43.9 Å². The van der Waals surface area contributed by atoms with Gasteiger partial charge in [-0.2, -0.15) is 0 Å². The van der Waals surface area contributed by atoms with Gasteiger partial charge in [0.05, 0.1) is 13.2 Å². The van der Waals surface area contributed by atoms with E-state index >= 15 is 0 Å². The van der Waals surface area contributed by atoms with E-state index in [1.165, 1.54) is 0 Å². The molecule has 0 aliphatic carbocycles. The fourth-order valence-corrected chi connectivity index (χ4v) is 3.87. The smallest absolute Gasteiger partial charge is 0.266 e. The third kappa shape index (κ3) is 6.75. The Morgan fingerprint density at radius 1 is 1.25 bits per heavy atom. The van der Waals surface area contributed by atoms with Crippen molar-refractivity contribution in [2.24, 2.45) is 16.0 Å². The number of azide groups is 1. The Morgan fingerprint density at radius 2 is 1.97 bits per heavy atom. The molecule has 3 N–H and O–H groups in total. The molecular formula is C26H34N6O4. The number of hydrogen-bond donors (Lipinski definition) is 3. The highest BCUT2D eigenvalue weighted by Crippen LogP contribution is 2.33. The number of ether oxygens (including phenoxy) is 2. The molecule has 0 saturated heterocycles. The summed E-state index contributed by atoms with van der Waals surface area (Å²) >= 11 is 0. The maximum absolute atomic E-state index is 13.6. The van der Waals surface area contributed by atoms with Gasteiger partial charge in [-0.3, -0.25) is 10.2 Å². The average Bonchev–Trinajstić information content (AvgIpc) is 3.20. The SMILES string of the molecule is CC(C)CNNC(=O)[C@@]1(Cc2ccccc2CN=[N+]=[N-])N=C(c2ccc(OCCCO)cc2)O[C@H]1C. The van der Waals surface area contributed by atoms with Crippen LogP contribution in [0.25, 0.3) is 10.4 Å². The first-order chi connectivity index (χ1) is 17.4. The lowest BCUT2D eigenvalue weighted by molar-refractivity contribution is -0.129. The first-order valence-electron chi connectivity index (χ1n) is 12.1. The summed E-state index contributed by atoms with van der Waals surface area (Å²) in [5.74, 6) is 1.09. The van der Waals surface area contributed by atoms with Crippen molar-refractivity contribution < 1.29 is 19.4 Å². The van der Waals surface area contributed by atoms with E-state index in [-0.39, 0.29) is 25.5 Å². The number of amides is 1. The Kier molecular flexibility index (Phi) is 9.69. The number of hydrazine groups is 1. The third-order valence-electron chi connectivity index (χ3n) is 5.92. The van der Waals surface area contributed by atoms with Crippen LogP contribution in [0.2, 0.25) is 0 Å². The monoisotopic (exact) mass is 494 g/mol. The van der Waals surface area contributed by atoms with Crippen LogP contribution in [0, 0.1) is 5.92 Å². The zero-order valence-corrected chi connectivity index (χ0v) is 21.0. The molecule has 0 unspecified atom stereocenters. The quantitative estimate of drug-likeness (QED) is 0.128. The topological polar surface area (TPSA) is 141 Å². The predicted molar refractivity (Wildman–Crippen MR) is 137 cm³/mol. The lowest BCUT2D eigenvalue weighted by Gasteiger charge is -2.29. The Hall–Kier alpha value is -3.59. The number of hydrogen-bond acceptors (Lipinski definition) is 7. The van der Waals surface area contributed by atoms with Gasteiger partial charge in [-0.05, 0) is 53.8 Å². The van der Waals surface area contributed by atoms with Crippen molar-refractivity contribution in [3.63, 3.8) is 0 Å². The summed E-state index contributed by atoms with van der Waals surface area (Å²) in [6.07, 6.45) is 0.270. The van der Waals surface area contributed by atoms with Crippen LogP contribution in [0.15, 0.2) is 58.6 Å². The molecular weight excluding hydrogens is 460 g/mol. The molecule has 0 aromatic heterocycles. The van der Waals surface area contributed by atoms with Gasteiger partial charge in [0.1, 0.15) is 11.9 Å². The molecule has 2 atom stereocenters. The fourth-order valence-electron chi connectivity index (χ4n) is 3.87. The third-order valence-corrected chi connectivity index (χ3v) is 5.92. The van der Waals surface area contributed by atoms with Gasteiger partial charge >= 0.3 is 0 Å². The highest BCUT2D eigenvalue weighted by Gasteiger charge is 2.50. The Bertz CT molecular complexity index is 1100. The second kappa shape index (κ2) is 12.9. The zero-order valence-electron chi connectivity index (χ0n) is 21.0. The number of benzene rings is 2. The van der Waals surface area contributed by atoms with Gasteiger partial charge in [0.15, 0.2) is 5.54 Å². The van der Waals surface area contributed by atoms with Crippen molar-refractivity contribution in [3.8, 4) is 5.75 Å². The number of carbonyl (C=O) groups is 1. The molecule has 0 spiro atoms. The van der Waals surface area contributed by atoms with E-state index in [9.17, 15) is 4.79 Å². The molecule has 0 fully saturated rings. The van der Waals surface area contributed by atoms with E-state index in [2.05, 4.69) is 34.7 Å². The number of carbonyl (C=O) groups excluding carboxylic acids is 1. The van der Waals surface area contributed by atoms with E-state index < -0.39 is 11.6 Å². The molecule has 192 valence electrons. The van der Waals surface area contributed by atoms with E-state index in [0.29, 0.717) is 37.1 Å². The summed E-state index contributed by atoms with van der Waals surface area (Å²) in [6.45, 7) is 7.22. The highest BCUT2D eigenvalue weighted by molar-refractivity contribution is 6.00. The number of aliphatic hydroxyl groups excluding tert-OH is 1. The van der Waals surface area contributed by atoms with Crippen molar-refractivity contribution in [3.05, 3.63) is 75.7 Å². The van der Waals surface area contributed by atoms with Crippen LogP contribution in [-0.2, 0) is 22.5 Å². The summed E-state index contributed by atoms with van der Waals surface area (Å²) in [6, 6.07) is 14.8. The van der Waals surface area contributed by atoms with Gasteiger partial charge in [-0.15, -0.1) is 0 Å². The molecule has 1 aliphatic heterocycles. The van der Waals surface area contributed by atoms with E-state index in [4.69, 9.17) is 25.1 Å². The molecule has 10 nitrogen and oxygen atoms in total. The number of nitrogens with zero attached hydrogens (tertiary/aromatic N) is 4. The number of nitrogens with one attached hydrogen (secondary N) is 2. The van der Waals surface area contributed by atoms with Gasteiger partial charge in [0.25, 0.3) is 5.91 Å². The Labute approximate surface area is 211 Å². The van der Waals surface area contributed by atoms with Gasteiger partial charge in [0.2, 0.25) is 5.90 Å². The van der Waals surface area contributed by atoms with E-state index in [1.807, 2.05) is 55.5 Å². The van der Waals surface area contributed by atoms with E-state index in [1.54, 1.807) is 0 Å². The van der Waals surface area contributed by atoms with E-state index in [0.717, 1.165) is 16.7 Å². The molecule has 0 radical (unpaired) electrons. The number of rotatable bonds is 13. The van der Waals surface area contributed by atoms with Crippen molar-refractivity contribution in [1.29, 1.82) is 0 Å². The molecule has 36 heavy (non-hydrogen) atoms. The lowest BCUT2D eigenvalue weighted by Crippen LogP contribution is -2.56. The van der Waals surface area contributed by atoms with Gasteiger partial charge < -0.3 is 14.6 Å². The van der Waals surface area contributed by atoms with Crippen LogP contribution >= 0.6 is 0 Å². The van der Waals surface area contributed by atoms with Crippen LogP contribution in [0.3, 0.4) is 0 Å².